The molecule has 0 saturated carbocycles. The third-order valence-electron chi connectivity index (χ3n) is 4.08. The molecule has 1 aromatic carbocycles. The van der Waals surface area contributed by atoms with Gasteiger partial charge in [0.05, 0.1) is 4.99 Å². The number of likely N-dealkylation sites (tertiary alicyclic amines) is 1. The Balaban J connectivity index is 1.91. The van der Waals surface area contributed by atoms with Gasteiger partial charge in [-0.25, -0.2) is 0 Å². The standard InChI is InChI=1S/C15H22N2S/c1-12-3-5-13(6-4-12)11-17-9-7-15(2,8-10-17)14(16)18/h3-6H,7-11H2,1-2H3,(H2,16,18). The zero-order chi connectivity index (χ0) is 13.2. The van der Waals surface area contributed by atoms with Crippen LogP contribution in [0, 0.1) is 12.3 Å². The second-order valence-corrected chi connectivity index (χ2v) is 6.13. The Morgan fingerprint density at radius 1 is 1.28 bits per heavy atom. The predicted octanol–water partition coefficient (Wildman–Crippen LogP) is 2.88. The SMILES string of the molecule is Cc1ccc(CN2CCC(C)(C(N)=S)CC2)cc1. The molecule has 1 fully saturated rings. The molecule has 0 atom stereocenters. The highest BCUT2D eigenvalue weighted by Gasteiger charge is 2.32. The van der Waals surface area contributed by atoms with Crippen molar-refractivity contribution in [2.24, 2.45) is 11.1 Å². The summed E-state index contributed by atoms with van der Waals surface area (Å²) in [5.41, 5.74) is 8.60. The summed E-state index contributed by atoms with van der Waals surface area (Å²) in [7, 11) is 0. The lowest BCUT2D eigenvalue weighted by molar-refractivity contribution is 0.158. The number of piperidine rings is 1. The summed E-state index contributed by atoms with van der Waals surface area (Å²) < 4.78 is 0. The largest absolute Gasteiger partial charge is 0.393 e. The van der Waals surface area contributed by atoms with Gasteiger partial charge in [-0.1, -0.05) is 49.0 Å². The van der Waals surface area contributed by atoms with Gasteiger partial charge in [0.15, 0.2) is 0 Å². The monoisotopic (exact) mass is 262 g/mol. The van der Waals surface area contributed by atoms with Crippen molar-refractivity contribution in [2.75, 3.05) is 13.1 Å². The summed E-state index contributed by atoms with van der Waals surface area (Å²) in [5.74, 6) is 0. The molecule has 0 spiro atoms. The quantitative estimate of drug-likeness (QED) is 0.849. The van der Waals surface area contributed by atoms with E-state index in [1.54, 1.807) is 0 Å². The van der Waals surface area contributed by atoms with Crippen molar-refractivity contribution < 1.29 is 0 Å². The minimum absolute atomic E-state index is 0.0686. The van der Waals surface area contributed by atoms with Crippen LogP contribution >= 0.6 is 12.2 Å². The van der Waals surface area contributed by atoms with Gasteiger partial charge < -0.3 is 5.73 Å². The van der Waals surface area contributed by atoms with Gasteiger partial charge in [-0.3, -0.25) is 4.90 Å². The Bertz CT molecular complexity index is 417. The van der Waals surface area contributed by atoms with E-state index in [1.807, 2.05) is 0 Å². The minimum atomic E-state index is 0.0686. The number of hydrogen-bond donors (Lipinski definition) is 1. The van der Waals surface area contributed by atoms with Gasteiger partial charge in [0.25, 0.3) is 0 Å². The van der Waals surface area contributed by atoms with Crippen molar-refractivity contribution >= 4 is 17.2 Å². The van der Waals surface area contributed by atoms with E-state index in [0.717, 1.165) is 32.5 Å². The molecule has 0 radical (unpaired) electrons. The fraction of sp³-hybridized carbons (Fsp3) is 0.533. The van der Waals surface area contributed by atoms with E-state index in [4.69, 9.17) is 18.0 Å². The van der Waals surface area contributed by atoms with Gasteiger partial charge in [-0.05, 0) is 38.4 Å². The molecule has 0 bridgehead atoms. The van der Waals surface area contributed by atoms with Crippen LogP contribution in [-0.4, -0.2) is 23.0 Å². The first kappa shape index (κ1) is 13.5. The second-order valence-electron chi connectivity index (χ2n) is 5.69. The molecule has 3 heteroatoms. The molecular formula is C15H22N2S. The third kappa shape index (κ3) is 3.09. The van der Waals surface area contributed by atoms with Gasteiger partial charge in [0, 0.05) is 12.0 Å². The number of aryl methyl sites for hydroxylation is 1. The summed E-state index contributed by atoms with van der Waals surface area (Å²) in [6.07, 6.45) is 2.16. The highest BCUT2D eigenvalue weighted by Crippen LogP contribution is 2.31. The first-order valence-corrected chi connectivity index (χ1v) is 6.98. The summed E-state index contributed by atoms with van der Waals surface area (Å²) in [6, 6.07) is 8.80. The van der Waals surface area contributed by atoms with Crippen LogP contribution in [0.1, 0.15) is 30.9 Å². The van der Waals surface area contributed by atoms with E-state index >= 15 is 0 Å². The van der Waals surface area contributed by atoms with Crippen molar-refractivity contribution in [1.82, 2.24) is 4.90 Å². The molecule has 2 N–H and O–H groups in total. The number of thiocarbonyl (C=S) groups is 1. The maximum Gasteiger partial charge on any atom is 0.0788 e. The summed E-state index contributed by atoms with van der Waals surface area (Å²) >= 11 is 5.17. The molecule has 0 aliphatic carbocycles. The van der Waals surface area contributed by atoms with Gasteiger partial charge >= 0.3 is 0 Å². The smallest absolute Gasteiger partial charge is 0.0788 e. The topological polar surface area (TPSA) is 29.3 Å². The summed E-state index contributed by atoms with van der Waals surface area (Å²) in [5, 5.41) is 0. The first-order chi connectivity index (χ1) is 8.49. The van der Waals surface area contributed by atoms with Gasteiger partial charge in [-0.2, -0.15) is 0 Å². The minimum Gasteiger partial charge on any atom is -0.393 e. The van der Waals surface area contributed by atoms with E-state index in [9.17, 15) is 0 Å². The molecule has 0 aromatic heterocycles. The Kier molecular flexibility index (Phi) is 4.03. The molecule has 1 aliphatic heterocycles. The highest BCUT2D eigenvalue weighted by molar-refractivity contribution is 7.80. The van der Waals surface area contributed by atoms with Crippen LogP contribution in [0.15, 0.2) is 24.3 Å². The maximum atomic E-state index is 5.83. The van der Waals surface area contributed by atoms with Crippen molar-refractivity contribution in [2.45, 2.75) is 33.2 Å². The molecule has 0 amide bonds. The molecule has 1 saturated heterocycles. The first-order valence-electron chi connectivity index (χ1n) is 6.57. The average molecular weight is 262 g/mol. The molecule has 18 heavy (non-hydrogen) atoms. The molecule has 1 aromatic rings. The predicted molar refractivity (Wildman–Crippen MR) is 80.6 cm³/mol. The van der Waals surface area contributed by atoms with Crippen molar-refractivity contribution in [3.63, 3.8) is 0 Å². The number of nitrogens with two attached hydrogens (primary N) is 1. The Labute approximate surface area is 115 Å². The third-order valence-corrected chi connectivity index (χ3v) is 4.57. The number of benzene rings is 1. The Morgan fingerprint density at radius 3 is 2.33 bits per heavy atom. The maximum absolute atomic E-state index is 5.83. The van der Waals surface area contributed by atoms with Crippen LogP contribution in [0.4, 0.5) is 0 Å². The van der Waals surface area contributed by atoms with E-state index in [1.165, 1.54) is 11.1 Å². The van der Waals surface area contributed by atoms with E-state index in [0.29, 0.717) is 4.99 Å². The van der Waals surface area contributed by atoms with Crippen LogP contribution in [-0.2, 0) is 6.54 Å². The molecule has 0 unspecified atom stereocenters. The Morgan fingerprint density at radius 2 is 1.83 bits per heavy atom. The lowest BCUT2D eigenvalue weighted by Gasteiger charge is -2.38. The number of hydrogen-bond acceptors (Lipinski definition) is 2. The normalized spacial score (nSPS) is 19.7. The fourth-order valence-electron chi connectivity index (χ4n) is 2.40. The van der Waals surface area contributed by atoms with Gasteiger partial charge in [-0.15, -0.1) is 0 Å². The highest BCUT2D eigenvalue weighted by atomic mass is 32.1. The lowest BCUT2D eigenvalue weighted by Crippen LogP contribution is -2.44. The molecule has 2 nitrogen and oxygen atoms in total. The van der Waals surface area contributed by atoms with Crippen LogP contribution in [0.5, 0.6) is 0 Å². The van der Waals surface area contributed by atoms with Gasteiger partial charge in [0.2, 0.25) is 0 Å². The number of nitrogens with zero attached hydrogens (tertiary/aromatic N) is 1. The van der Waals surface area contributed by atoms with Crippen LogP contribution in [0.3, 0.4) is 0 Å². The van der Waals surface area contributed by atoms with Crippen molar-refractivity contribution in [3.05, 3.63) is 35.4 Å². The average Bonchev–Trinajstić information content (AvgIpc) is 2.35. The Hall–Kier alpha value is -0.930. The van der Waals surface area contributed by atoms with E-state index in [-0.39, 0.29) is 5.41 Å². The molecular weight excluding hydrogens is 240 g/mol. The van der Waals surface area contributed by atoms with Crippen molar-refractivity contribution in [3.8, 4) is 0 Å². The zero-order valence-electron chi connectivity index (χ0n) is 11.3. The van der Waals surface area contributed by atoms with Gasteiger partial charge in [0.1, 0.15) is 0 Å². The fourth-order valence-corrected chi connectivity index (χ4v) is 2.61. The molecule has 98 valence electrons. The van der Waals surface area contributed by atoms with E-state index < -0.39 is 0 Å². The zero-order valence-corrected chi connectivity index (χ0v) is 12.1. The van der Waals surface area contributed by atoms with Crippen LogP contribution < -0.4 is 5.73 Å². The van der Waals surface area contributed by atoms with E-state index in [2.05, 4.69) is 43.0 Å². The van der Waals surface area contributed by atoms with Crippen molar-refractivity contribution in [1.29, 1.82) is 0 Å². The molecule has 1 aliphatic rings. The summed E-state index contributed by atoms with van der Waals surface area (Å²) in [4.78, 5) is 3.17. The lowest BCUT2D eigenvalue weighted by atomic mass is 9.80. The van der Waals surface area contributed by atoms with Crippen LogP contribution in [0.2, 0.25) is 0 Å². The molecule has 2 rings (SSSR count). The second kappa shape index (κ2) is 5.37. The van der Waals surface area contributed by atoms with Crippen LogP contribution in [0.25, 0.3) is 0 Å². The molecule has 1 heterocycles. The summed E-state index contributed by atoms with van der Waals surface area (Å²) in [6.45, 7) is 7.52. The number of rotatable bonds is 3.